The first kappa shape index (κ1) is 23.5. The van der Waals surface area contributed by atoms with E-state index < -0.39 is 12.8 Å². The van der Waals surface area contributed by atoms with Crippen LogP contribution in [0.3, 0.4) is 0 Å². The van der Waals surface area contributed by atoms with E-state index in [0.29, 0.717) is 12.1 Å². The van der Waals surface area contributed by atoms with Crippen molar-refractivity contribution in [3.05, 3.63) is 35.4 Å². The van der Waals surface area contributed by atoms with Crippen LogP contribution >= 0.6 is 0 Å². The Balaban J connectivity index is 1.62. The van der Waals surface area contributed by atoms with Crippen LogP contribution in [0, 0.1) is 0 Å². The lowest BCUT2D eigenvalue weighted by Crippen LogP contribution is -2.38. The van der Waals surface area contributed by atoms with Crippen LogP contribution in [-0.2, 0) is 17.9 Å². The number of nitrogens with zero attached hydrogens (tertiary/aromatic N) is 2. The second kappa shape index (κ2) is 12.7. The molecule has 29 heavy (non-hydrogen) atoms. The normalized spacial score (nSPS) is 16.5. The predicted octanol–water partition coefficient (Wildman–Crippen LogP) is 3.70. The van der Waals surface area contributed by atoms with Crippen molar-refractivity contribution in [2.75, 3.05) is 39.8 Å². The maximum absolute atomic E-state index is 12.1. The topological polar surface area (TPSA) is 48.9 Å². The molecule has 0 bridgehead atoms. The number of nitrogens with one attached hydrogen (secondary N) is 2. The van der Waals surface area contributed by atoms with Gasteiger partial charge in [0.2, 0.25) is 0 Å². The van der Waals surface area contributed by atoms with E-state index in [1.807, 2.05) is 12.1 Å². The van der Waals surface area contributed by atoms with Gasteiger partial charge in [0.05, 0.1) is 6.61 Å². The average molecular weight is 415 g/mol. The molecule has 2 rings (SSSR count). The molecule has 2 N–H and O–H groups in total. The van der Waals surface area contributed by atoms with Gasteiger partial charge in [-0.25, -0.2) is 0 Å². The van der Waals surface area contributed by atoms with Crippen molar-refractivity contribution in [1.82, 2.24) is 15.5 Å². The van der Waals surface area contributed by atoms with Gasteiger partial charge in [0.1, 0.15) is 6.61 Å². The van der Waals surface area contributed by atoms with Crippen molar-refractivity contribution in [1.29, 1.82) is 0 Å². The fourth-order valence-corrected chi connectivity index (χ4v) is 3.31. The lowest BCUT2D eigenvalue weighted by atomic mass is 10.1. The highest BCUT2D eigenvalue weighted by Crippen LogP contribution is 2.16. The molecule has 0 aromatic heterocycles. The molecule has 8 heteroatoms. The Labute approximate surface area is 171 Å². The third-order valence-electron chi connectivity index (χ3n) is 4.88. The van der Waals surface area contributed by atoms with Gasteiger partial charge in [-0.3, -0.25) is 4.99 Å². The molecule has 0 amide bonds. The minimum atomic E-state index is -4.29. The van der Waals surface area contributed by atoms with E-state index in [1.165, 1.54) is 38.8 Å². The molecule has 164 valence electrons. The highest BCUT2D eigenvalue weighted by molar-refractivity contribution is 5.79. The van der Waals surface area contributed by atoms with E-state index in [1.54, 1.807) is 19.2 Å². The molecule has 0 saturated carbocycles. The maximum atomic E-state index is 12.1. The third-order valence-corrected chi connectivity index (χ3v) is 4.88. The van der Waals surface area contributed by atoms with Crippen LogP contribution in [-0.4, -0.2) is 56.9 Å². The molecule has 0 atom stereocenters. The Hall–Kier alpha value is -1.80. The number of likely N-dealkylation sites (tertiary alicyclic amines) is 1. The summed E-state index contributed by atoms with van der Waals surface area (Å²) < 4.78 is 41.0. The summed E-state index contributed by atoms with van der Waals surface area (Å²) in [5.74, 6) is 0.749. The summed E-state index contributed by atoms with van der Waals surface area (Å²) in [4.78, 5) is 6.78. The Morgan fingerprint density at radius 3 is 2.31 bits per heavy atom. The monoisotopic (exact) mass is 414 g/mol. The van der Waals surface area contributed by atoms with E-state index in [4.69, 9.17) is 0 Å². The summed E-state index contributed by atoms with van der Waals surface area (Å²) in [5.41, 5.74) is 1.74. The van der Waals surface area contributed by atoms with Gasteiger partial charge in [-0.2, -0.15) is 13.2 Å². The maximum Gasteiger partial charge on any atom is 0.411 e. The van der Waals surface area contributed by atoms with Gasteiger partial charge in [0.15, 0.2) is 5.96 Å². The molecule has 1 aromatic carbocycles. The van der Waals surface area contributed by atoms with Gasteiger partial charge < -0.3 is 20.3 Å². The molecule has 1 fully saturated rings. The lowest BCUT2D eigenvalue weighted by molar-refractivity contribution is -0.176. The summed E-state index contributed by atoms with van der Waals surface area (Å²) in [6.07, 6.45) is 2.11. The van der Waals surface area contributed by atoms with Crippen molar-refractivity contribution in [2.24, 2.45) is 4.99 Å². The molecular weight excluding hydrogens is 381 g/mol. The quantitative estimate of drug-likeness (QED) is 0.368. The lowest BCUT2D eigenvalue weighted by Gasteiger charge is -2.20. The molecule has 1 aliphatic heterocycles. The van der Waals surface area contributed by atoms with Gasteiger partial charge in [-0.15, -0.1) is 0 Å². The Morgan fingerprint density at radius 2 is 1.69 bits per heavy atom. The smallest absolute Gasteiger partial charge is 0.367 e. The fraction of sp³-hybridized carbons (Fsp3) is 0.667. The van der Waals surface area contributed by atoms with Crippen LogP contribution in [0.25, 0.3) is 0 Å². The molecule has 1 aliphatic rings. The van der Waals surface area contributed by atoms with Crippen LogP contribution in [0.4, 0.5) is 13.2 Å². The molecule has 0 unspecified atom stereocenters. The zero-order valence-corrected chi connectivity index (χ0v) is 17.2. The van der Waals surface area contributed by atoms with Crippen LogP contribution < -0.4 is 10.6 Å². The van der Waals surface area contributed by atoms with E-state index in [0.717, 1.165) is 31.0 Å². The van der Waals surface area contributed by atoms with Gasteiger partial charge in [0, 0.05) is 20.1 Å². The van der Waals surface area contributed by atoms with Crippen LogP contribution in [0.15, 0.2) is 29.3 Å². The molecular formula is C21H33F3N4O. The van der Waals surface area contributed by atoms with Crippen molar-refractivity contribution in [3.8, 4) is 0 Å². The van der Waals surface area contributed by atoms with Crippen molar-refractivity contribution >= 4 is 5.96 Å². The highest BCUT2D eigenvalue weighted by atomic mass is 19.4. The van der Waals surface area contributed by atoms with Gasteiger partial charge >= 0.3 is 6.18 Å². The standard InChI is InChI=1S/C21H33F3N4O/c1-25-20(26-11-6-14-28-12-4-2-3-5-13-28)27-15-18-7-9-19(10-8-18)16-29-17-21(22,23)24/h7-10H,2-6,11-17H2,1H3,(H2,25,26,27). The highest BCUT2D eigenvalue weighted by Gasteiger charge is 2.27. The second-order valence-electron chi connectivity index (χ2n) is 7.39. The first-order chi connectivity index (χ1) is 14.0. The van der Waals surface area contributed by atoms with Gasteiger partial charge in [0.25, 0.3) is 0 Å². The summed E-state index contributed by atoms with van der Waals surface area (Å²) in [6.45, 7) is 3.72. The average Bonchev–Trinajstić information content (AvgIpc) is 2.96. The molecule has 0 radical (unpaired) electrons. The van der Waals surface area contributed by atoms with Gasteiger partial charge in [-0.1, -0.05) is 37.1 Å². The molecule has 5 nitrogen and oxygen atoms in total. The van der Waals surface area contributed by atoms with E-state index >= 15 is 0 Å². The molecule has 1 aromatic rings. The number of halogens is 3. The Kier molecular flexibility index (Phi) is 10.3. The minimum Gasteiger partial charge on any atom is -0.367 e. The van der Waals surface area contributed by atoms with Crippen molar-refractivity contribution in [2.45, 2.75) is 51.4 Å². The SMILES string of the molecule is CN=C(NCCCN1CCCCCC1)NCc1ccc(COCC(F)(F)F)cc1. The number of hydrogen-bond donors (Lipinski definition) is 2. The summed E-state index contributed by atoms with van der Waals surface area (Å²) in [6, 6.07) is 7.33. The van der Waals surface area contributed by atoms with Crippen molar-refractivity contribution < 1.29 is 17.9 Å². The van der Waals surface area contributed by atoms with Gasteiger partial charge in [-0.05, 0) is 50.0 Å². The first-order valence-corrected chi connectivity index (χ1v) is 10.4. The first-order valence-electron chi connectivity index (χ1n) is 10.4. The number of benzene rings is 1. The Bertz CT molecular complexity index is 597. The summed E-state index contributed by atoms with van der Waals surface area (Å²) >= 11 is 0. The number of ether oxygens (including phenoxy) is 1. The fourth-order valence-electron chi connectivity index (χ4n) is 3.31. The van der Waals surface area contributed by atoms with E-state index in [2.05, 4.69) is 25.3 Å². The zero-order chi connectivity index (χ0) is 21.0. The molecule has 1 saturated heterocycles. The number of alkyl halides is 3. The second-order valence-corrected chi connectivity index (χ2v) is 7.39. The summed E-state index contributed by atoms with van der Waals surface area (Å²) in [5, 5.41) is 6.60. The number of rotatable bonds is 9. The van der Waals surface area contributed by atoms with Crippen LogP contribution in [0.2, 0.25) is 0 Å². The number of aliphatic imine (C=N–C) groups is 1. The Morgan fingerprint density at radius 1 is 1.03 bits per heavy atom. The zero-order valence-electron chi connectivity index (χ0n) is 17.2. The number of hydrogen-bond acceptors (Lipinski definition) is 3. The molecule has 0 aliphatic carbocycles. The summed E-state index contributed by atoms with van der Waals surface area (Å²) in [7, 11) is 1.74. The largest absolute Gasteiger partial charge is 0.411 e. The van der Waals surface area contributed by atoms with E-state index in [-0.39, 0.29) is 6.61 Å². The van der Waals surface area contributed by atoms with Crippen LogP contribution in [0.1, 0.15) is 43.2 Å². The van der Waals surface area contributed by atoms with Crippen molar-refractivity contribution in [3.63, 3.8) is 0 Å². The third kappa shape index (κ3) is 10.5. The predicted molar refractivity (Wildman–Crippen MR) is 110 cm³/mol. The molecule has 0 spiro atoms. The molecule has 1 heterocycles. The van der Waals surface area contributed by atoms with Crippen LogP contribution in [0.5, 0.6) is 0 Å². The van der Waals surface area contributed by atoms with E-state index in [9.17, 15) is 13.2 Å². The number of guanidine groups is 1. The minimum absolute atomic E-state index is 0.0482.